The number of rotatable bonds is 5. The molecular formula is C24H16F5NO4. The first-order valence-corrected chi connectivity index (χ1v) is 10.0. The molecule has 0 radical (unpaired) electrons. The van der Waals surface area contributed by atoms with Crippen molar-refractivity contribution in [1.29, 1.82) is 0 Å². The first kappa shape index (κ1) is 23.2. The number of fused-ring (bicyclic) bond motifs is 3. The smallest absolute Gasteiger partial charge is 0.407 e. The summed E-state index contributed by atoms with van der Waals surface area (Å²) in [7, 11) is 0. The average Bonchev–Trinajstić information content (AvgIpc) is 3.16. The summed E-state index contributed by atoms with van der Waals surface area (Å²) in [6, 6.07) is 13.7. The molecule has 0 spiro atoms. The van der Waals surface area contributed by atoms with Crippen LogP contribution in [0, 0.1) is 29.1 Å². The van der Waals surface area contributed by atoms with E-state index in [1.165, 1.54) is 0 Å². The van der Waals surface area contributed by atoms with Gasteiger partial charge in [0, 0.05) is 5.92 Å². The summed E-state index contributed by atoms with van der Waals surface area (Å²) in [6.45, 7) is 1.02. The second-order valence-electron chi connectivity index (χ2n) is 7.51. The standard InChI is InChI=1S/C24H16F5NO4/c1-11(23(31)34-22-20(28)18(26)17(25)19(27)21(22)29)30-24(32)33-10-16-14-8-4-2-6-12(14)13-7-3-5-9-15(13)16/h2-9,11,16H,10H2,1H3,(H,30,32)/t11-/m1/s1. The van der Waals surface area contributed by atoms with Gasteiger partial charge in [0.1, 0.15) is 12.6 Å². The maximum Gasteiger partial charge on any atom is 0.407 e. The predicted octanol–water partition coefficient (Wildman–Crippen LogP) is 5.21. The molecule has 0 aromatic heterocycles. The van der Waals surface area contributed by atoms with E-state index >= 15 is 0 Å². The highest BCUT2D eigenvalue weighted by atomic mass is 19.2. The lowest BCUT2D eigenvalue weighted by molar-refractivity contribution is -0.136. The summed E-state index contributed by atoms with van der Waals surface area (Å²) in [5, 5.41) is 2.11. The predicted molar refractivity (Wildman–Crippen MR) is 110 cm³/mol. The number of benzene rings is 3. The Balaban J connectivity index is 1.40. The second kappa shape index (κ2) is 9.12. The Labute approximate surface area is 190 Å². The van der Waals surface area contributed by atoms with Gasteiger partial charge in [0.2, 0.25) is 34.8 Å². The summed E-state index contributed by atoms with van der Waals surface area (Å²) >= 11 is 0. The van der Waals surface area contributed by atoms with Gasteiger partial charge in [-0.2, -0.15) is 8.78 Å². The third kappa shape index (κ3) is 4.07. The summed E-state index contributed by atoms with van der Waals surface area (Å²) in [5.74, 6) is -15.0. The van der Waals surface area contributed by atoms with Crippen LogP contribution in [0.3, 0.4) is 0 Å². The van der Waals surface area contributed by atoms with Crippen molar-refractivity contribution in [2.45, 2.75) is 18.9 Å². The van der Waals surface area contributed by atoms with Crippen LogP contribution in [0.1, 0.15) is 24.0 Å². The van der Waals surface area contributed by atoms with E-state index < -0.39 is 52.9 Å². The monoisotopic (exact) mass is 477 g/mol. The lowest BCUT2D eigenvalue weighted by atomic mass is 9.98. The molecule has 0 saturated heterocycles. The van der Waals surface area contributed by atoms with Gasteiger partial charge in [-0.1, -0.05) is 48.5 Å². The van der Waals surface area contributed by atoms with E-state index in [-0.39, 0.29) is 12.5 Å². The number of alkyl carbamates (subject to hydrolysis) is 1. The van der Waals surface area contributed by atoms with Gasteiger partial charge in [0.05, 0.1) is 0 Å². The van der Waals surface area contributed by atoms with E-state index in [0.717, 1.165) is 29.2 Å². The van der Waals surface area contributed by atoms with Crippen LogP contribution in [0.4, 0.5) is 26.7 Å². The minimum absolute atomic E-state index is 0.0702. The van der Waals surface area contributed by atoms with E-state index in [2.05, 4.69) is 10.1 Å². The molecule has 0 saturated carbocycles. The number of esters is 1. The highest BCUT2D eigenvalue weighted by Crippen LogP contribution is 2.44. The number of carbonyl (C=O) groups excluding carboxylic acids is 2. The van der Waals surface area contributed by atoms with Crippen molar-refractivity contribution in [3.05, 3.63) is 88.7 Å². The fourth-order valence-corrected chi connectivity index (χ4v) is 3.74. The van der Waals surface area contributed by atoms with Gasteiger partial charge < -0.3 is 14.8 Å². The lowest BCUT2D eigenvalue weighted by Crippen LogP contribution is -2.41. The largest absolute Gasteiger partial charge is 0.449 e. The fourth-order valence-electron chi connectivity index (χ4n) is 3.74. The van der Waals surface area contributed by atoms with Crippen LogP contribution in [0.5, 0.6) is 5.75 Å². The quantitative estimate of drug-likeness (QED) is 0.180. The molecule has 34 heavy (non-hydrogen) atoms. The Kier molecular flexibility index (Phi) is 6.23. The normalized spacial score (nSPS) is 13.1. The van der Waals surface area contributed by atoms with Gasteiger partial charge >= 0.3 is 12.1 Å². The molecule has 0 bridgehead atoms. The molecule has 1 N–H and O–H groups in total. The molecular weight excluding hydrogens is 461 g/mol. The third-order valence-corrected chi connectivity index (χ3v) is 5.40. The maximum atomic E-state index is 13.7. The number of halogens is 5. The van der Waals surface area contributed by atoms with E-state index in [0.29, 0.717) is 0 Å². The average molecular weight is 477 g/mol. The van der Waals surface area contributed by atoms with Crippen LogP contribution in [-0.4, -0.2) is 24.7 Å². The van der Waals surface area contributed by atoms with E-state index in [1.54, 1.807) is 0 Å². The minimum Gasteiger partial charge on any atom is -0.449 e. The Morgan fingerprint density at radius 2 is 1.29 bits per heavy atom. The summed E-state index contributed by atoms with van der Waals surface area (Å²) in [6.07, 6.45) is -1.04. The molecule has 0 heterocycles. The second-order valence-corrected chi connectivity index (χ2v) is 7.51. The number of hydrogen-bond donors (Lipinski definition) is 1. The zero-order valence-corrected chi connectivity index (χ0v) is 17.5. The highest BCUT2D eigenvalue weighted by Gasteiger charge is 2.31. The molecule has 1 amide bonds. The van der Waals surface area contributed by atoms with Crippen molar-refractivity contribution in [2.24, 2.45) is 0 Å². The fraction of sp³-hybridized carbons (Fsp3) is 0.167. The SMILES string of the molecule is C[C@@H](NC(=O)OCC1c2ccccc2-c2ccccc21)C(=O)Oc1c(F)c(F)c(F)c(F)c1F. The van der Waals surface area contributed by atoms with Gasteiger partial charge in [-0.25, -0.2) is 22.8 Å². The molecule has 10 heteroatoms. The molecule has 0 unspecified atom stereocenters. The summed E-state index contributed by atoms with van der Waals surface area (Å²) < 4.78 is 76.7. The van der Waals surface area contributed by atoms with Crippen molar-refractivity contribution in [2.75, 3.05) is 6.61 Å². The van der Waals surface area contributed by atoms with Crippen LogP contribution in [-0.2, 0) is 9.53 Å². The first-order chi connectivity index (χ1) is 16.2. The highest BCUT2D eigenvalue weighted by molar-refractivity contribution is 5.83. The molecule has 0 aliphatic heterocycles. The van der Waals surface area contributed by atoms with Gasteiger partial charge in [-0.15, -0.1) is 0 Å². The summed E-state index contributed by atoms with van der Waals surface area (Å²) in [4.78, 5) is 24.3. The lowest BCUT2D eigenvalue weighted by Gasteiger charge is -2.17. The van der Waals surface area contributed by atoms with Crippen LogP contribution in [0.2, 0.25) is 0 Å². The molecule has 1 atom stereocenters. The molecule has 0 fully saturated rings. The summed E-state index contributed by atoms with van der Waals surface area (Å²) in [5.41, 5.74) is 3.92. The number of nitrogens with one attached hydrogen (secondary N) is 1. The van der Waals surface area contributed by atoms with Crippen LogP contribution >= 0.6 is 0 Å². The van der Waals surface area contributed by atoms with Crippen molar-refractivity contribution < 1.29 is 41.0 Å². The van der Waals surface area contributed by atoms with Crippen molar-refractivity contribution in [1.82, 2.24) is 5.32 Å². The van der Waals surface area contributed by atoms with Crippen LogP contribution in [0.25, 0.3) is 11.1 Å². The molecule has 3 aromatic carbocycles. The van der Waals surface area contributed by atoms with Gasteiger partial charge in [0.15, 0.2) is 0 Å². The van der Waals surface area contributed by atoms with E-state index in [4.69, 9.17) is 4.74 Å². The number of amides is 1. The Hall–Kier alpha value is -3.95. The molecule has 1 aliphatic carbocycles. The first-order valence-electron chi connectivity index (χ1n) is 10.0. The Morgan fingerprint density at radius 1 is 0.824 bits per heavy atom. The maximum absolute atomic E-state index is 13.7. The van der Waals surface area contributed by atoms with Gasteiger partial charge in [-0.3, -0.25) is 0 Å². The van der Waals surface area contributed by atoms with E-state index in [1.807, 2.05) is 48.5 Å². The van der Waals surface area contributed by atoms with Crippen molar-refractivity contribution >= 4 is 12.1 Å². The number of carbonyl (C=O) groups is 2. The zero-order chi connectivity index (χ0) is 24.6. The topological polar surface area (TPSA) is 64.6 Å². The molecule has 3 aromatic rings. The number of hydrogen-bond acceptors (Lipinski definition) is 4. The number of ether oxygens (including phenoxy) is 2. The Bertz CT molecular complexity index is 1220. The molecule has 176 valence electrons. The van der Waals surface area contributed by atoms with Crippen molar-refractivity contribution in [3.8, 4) is 16.9 Å². The molecule has 1 aliphatic rings. The van der Waals surface area contributed by atoms with Crippen LogP contribution < -0.4 is 10.1 Å². The van der Waals surface area contributed by atoms with Gasteiger partial charge in [0.25, 0.3) is 0 Å². The van der Waals surface area contributed by atoms with Crippen molar-refractivity contribution in [3.63, 3.8) is 0 Å². The molecule has 4 rings (SSSR count). The zero-order valence-electron chi connectivity index (χ0n) is 17.5. The minimum atomic E-state index is -2.39. The molecule has 5 nitrogen and oxygen atoms in total. The third-order valence-electron chi connectivity index (χ3n) is 5.40. The van der Waals surface area contributed by atoms with E-state index in [9.17, 15) is 31.5 Å². The Morgan fingerprint density at radius 3 is 1.82 bits per heavy atom. The van der Waals surface area contributed by atoms with Gasteiger partial charge in [-0.05, 0) is 29.2 Å². The van der Waals surface area contributed by atoms with Crippen LogP contribution in [0.15, 0.2) is 48.5 Å².